The highest BCUT2D eigenvalue weighted by Crippen LogP contribution is 2.36. The van der Waals surface area contributed by atoms with E-state index in [1.807, 2.05) is 6.07 Å². The molecule has 0 bridgehead atoms. The van der Waals surface area contributed by atoms with Crippen LogP contribution in [0.2, 0.25) is 0 Å². The standard InChI is InChI=1S/C18H20/c1-14(2)18(17-12-8-5-9-13-17)15(3)16-10-6-4-7-11-16/h4-14,18H,3H2,1-2H3. The van der Waals surface area contributed by atoms with E-state index in [0.717, 1.165) is 0 Å². The van der Waals surface area contributed by atoms with Crippen molar-refractivity contribution in [2.24, 2.45) is 5.92 Å². The van der Waals surface area contributed by atoms with Crippen LogP contribution in [0.15, 0.2) is 67.2 Å². The first-order chi connectivity index (χ1) is 8.70. The molecule has 0 heterocycles. The summed E-state index contributed by atoms with van der Waals surface area (Å²) in [5.41, 5.74) is 3.79. The van der Waals surface area contributed by atoms with Gasteiger partial charge in [0, 0.05) is 5.92 Å². The van der Waals surface area contributed by atoms with Crippen LogP contribution in [0.25, 0.3) is 5.57 Å². The highest BCUT2D eigenvalue weighted by atomic mass is 14.2. The van der Waals surface area contributed by atoms with E-state index in [0.29, 0.717) is 11.8 Å². The second kappa shape index (κ2) is 5.68. The molecule has 1 unspecified atom stereocenters. The van der Waals surface area contributed by atoms with Gasteiger partial charge in [0.05, 0.1) is 0 Å². The fraction of sp³-hybridized carbons (Fsp3) is 0.222. The van der Waals surface area contributed by atoms with Crippen molar-refractivity contribution >= 4 is 5.57 Å². The molecule has 0 aromatic heterocycles. The van der Waals surface area contributed by atoms with Gasteiger partial charge in [0.25, 0.3) is 0 Å². The van der Waals surface area contributed by atoms with Crippen molar-refractivity contribution in [2.75, 3.05) is 0 Å². The SMILES string of the molecule is C=C(c1ccccc1)C(c1ccccc1)C(C)C. The molecule has 0 aliphatic heterocycles. The molecule has 0 N–H and O–H groups in total. The molecule has 2 aromatic carbocycles. The van der Waals surface area contributed by atoms with Crippen LogP contribution in [0.5, 0.6) is 0 Å². The van der Waals surface area contributed by atoms with Crippen LogP contribution in [-0.2, 0) is 0 Å². The van der Waals surface area contributed by atoms with Gasteiger partial charge in [0.1, 0.15) is 0 Å². The summed E-state index contributed by atoms with van der Waals surface area (Å²) in [7, 11) is 0. The minimum atomic E-state index is 0.383. The summed E-state index contributed by atoms with van der Waals surface area (Å²) < 4.78 is 0. The van der Waals surface area contributed by atoms with Crippen LogP contribution in [-0.4, -0.2) is 0 Å². The lowest BCUT2D eigenvalue weighted by atomic mass is 9.80. The van der Waals surface area contributed by atoms with Gasteiger partial charge in [-0.1, -0.05) is 81.1 Å². The average Bonchev–Trinajstić information content (AvgIpc) is 2.40. The summed E-state index contributed by atoms with van der Waals surface area (Å²) in [6.45, 7) is 8.83. The smallest absolute Gasteiger partial charge is 0.0112 e. The summed E-state index contributed by atoms with van der Waals surface area (Å²) in [6, 6.07) is 21.1. The van der Waals surface area contributed by atoms with Crippen LogP contribution in [0, 0.1) is 5.92 Å². The molecule has 0 radical (unpaired) electrons. The molecule has 2 aromatic rings. The molecule has 2 rings (SSSR count). The molecule has 0 aliphatic carbocycles. The quantitative estimate of drug-likeness (QED) is 0.689. The lowest BCUT2D eigenvalue weighted by Gasteiger charge is -2.24. The predicted molar refractivity (Wildman–Crippen MR) is 79.5 cm³/mol. The first-order valence-corrected chi connectivity index (χ1v) is 6.49. The predicted octanol–water partition coefficient (Wildman–Crippen LogP) is 5.14. The van der Waals surface area contributed by atoms with Crippen LogP contribution < -0.4 is 0 Å². The number of hydrogen-bond acceptors (Lipinski definition) is 0. The molecule has 1 atom stereocenters. The zero-order chi connectivity index (χ0) is 13.0. The second-order valence-corrected chi connectivity index (χ2v) is 5.02. The van der Waals surface area contributed by atoms with Crippen molar-refractivity contribution in [3.8, 4) is 0 Å². The fourth-order valence-electron chi connectivity index (χ4n) is 2.48. The summed E-state index contributed by atoms with van der Waals surface area (Å²) in [5, 5.41) is 0. The van der Waals surface area contributed by atoms with Gasteiger partial charge < -0.3 is 0 Å². The van der Waals surface area contributed by atoms with E-state index in [-0.39, 0.29) is 0 Å². The van der Waals surface area contributed by atoms with Crippen molar-refractivity contribution in [2.45, 2.75) is 19.8 Å². The Morgan fingerprint density at radius 1 is 0.833 bits per heavy atom. The number of hydrogen-bond donors (Lipinski definition) is 0. The van der Waals surface area contributed by atoms with E-state index in [4.69, 9.17) is 0 Å². The molecular formula is C18H20. The molecule has 0 nitrogen and oxygen atoms in total. The fourth-order valence-corrected chi connectivity index (χ4v) is 2.48. The normalized spacial score (nSPS) is 12.4. The van der Waals surface area contributed by atoms with Crippen molar-refractivity contribution in [1.82, 2.24) is 0 Å². The Balaban J connectivity index is 2.35. The third-order valence-electron chi connectivity index (χ3n) is 3.35. The third kappa shape index (κ3) is 2.70. The minimum Gasteiger partial charge on any atom is -0.0946 e. The summed E-state index contributed by atoms with van der Waals surface area (Å²) in [4.78, 5) is 0. The number of allylic oxidation sites excluding steroid dienone is 1. The Morgan fingerprint density at radius 2 is 1.33 bits per heavy atom. The maximum Gasteiger partial charge on any atom is 0.0112 e. The topological polar surface area (TPSA) is 0 Å². The Hall–Kier alpha value is -1.82. The Labute approximate surface area is 110 Å². The third-order valence-corrected chi connectivity index (χ3v) is 3.35. The molecule has 0 fully saturated rings. The van der Waals surface area contributed by atoms with Crippen molar-refractivity contribution in [3.05, 3.63) is 78.4 Å². The van der Waals surface area contributed by atoms with E-state index in [1.54, 1.807) is 0 Å². The Morgan fingerprint density at radius 3 is 1.83 bits per heavy atom. The molecule has 0 amide bonds. The first kappa shape index (κ1) is 12.6. The monoisotopic (exact) mass is 236 g/mol. The maximum absolute atomic E-state index is 4.32. The van der Waals surface area contributed by atoms with Gasteiger partial charge in [-0.15, -0.1) is 0 Å². The van der Waals surface area contributed by atoms with Gasteiger partial charge in [-0.2, -0.15) is 0 Å². The van der Waals surface area contributed by atoms with Gasteiger partial charge >= 0.3 is 0 Å². The summed E-state index contributed by atoms with van der Waals surface area (Å²) in [5.74, 6) is 0.925. The van der Waals surface area contributed by atoms with E-state index in [1.165, 1.54) is 16.7 Å². The molecule has 0 spiro atoms. The Bertz CT molecular complexity index is 494. The first-order valence-electron chi connectivity index (χ1n) is 6.49. The molecule has 0 saturated carbocycles. The lowest BCUT2D eigenvalue weighted by Crippen LogP contribution is -2.08. The summed E-state index contributed by atoms with van der Waals surface area (Å²) >= 11 is 0. The number of rotatable bonds is 4. The van der Waals surface area contributed by atoms with Crippen LogP contribution >= 0.6 is 0 Å². The molecule has 0 aliphatic rings. The van der Waals surface area contributed by atoms with Gasteiger partial charge in [-0.05, 0) is 22.6 Å². The van der Waals surface area contributed by atoms with Gasteiger partial charge in [0.15, 0.2) is 0 Å². The van der Waals surface area contributed by atoms with Gasteiger partial charge in [-0.3, -0.25) is 0 Å². The van der Waals surface area contributed by atoms with Crippen LogP contribution in [0.4, 0.5) is 0 Å². The molecule has 0 heteroatoms. The van der Waals surface area contributed by atoms with E-state index in [9.17, 15) is 0 Å². The molecule has 92 valence electrons. The maximum atomic E-state index is 4.32. The second-order valence-electron chi connectivity index (χ2n) is 5.02. The van der Waals surface area contributed by atoms with Gasteiger partial charge in [-0.25, -0.2) is 0 Å². The average molecular weight is 236 g/mol. The van der Waals surface area contributed by atoms with E-state index < -0.39 is 0 Å². The van der Waals surface area contributed by atoms with E-state index >= 15 is 0 Å². The van der Waals surface area contributed by atoms with Crippen LogP contribution in [0.1, 0.15) is 30.9 Å². The van der Waals surface area contributed by atoms with Crippen molar-refractivity contribution in [3.63, 3.8) is 0 Å². The van der Waals surface area contributed by atoms with Crippen LogP contribution in [0.3, 0.4) is 0 Å². The highest BCUT2D eigenvalue weighted by molar-refractivity contribution is 5.69. The van der Waals surface area contributed by atoms with E-state index in [2.05, 4.69) is 75.0 Å². The van der Waals surface area contributed by atoms with Crippen molar-refractivity contribution in [1.29, 1.82) is 0 Å². The highest BCUT2D eigenvalue weighted by Gasteiger charge is 2.19. The van der Waals surface area contributed by atoms with Gasteiger partial charge in [0.2, 0.25) is 0 Å². The molecular weight excluding hydrogens is 216 g/mol. The van der Waals surface area contributed by atoms with Crippen molar-refractivity contribution < 1.29 is 0 Å². The summed E-state index contributed by atoms with van der Waals surface area (Å²) in [6.07, 6.45) is 0. The minimum absolute atomic E-state index is 0.383. The zero-order valence-electron chi connectivity index (χ0n) is 11.1. The zero-order valence-corrected chi connectivity index (χ0v) is 11.1. The molecule has 18 heavy (non-hydrogen) atoms. The lowest BCUT2D eigenvalue weighted by molar-refractivity contribution is 0.591. The Kier molecular flexibility index (Phi) is 3.99. The number of benzene rings is 2. The largest absolute Gasteiger partial charge is 0.0946 e. The molecule has 0 saturated heterocycles.